The van der Waals surface area contributed by atoms with E-state index in [-0.39, 0.29) is 5.54 Å². The lowest BCUT2D eigenvalue weighted by molar-refractivity contribution is 0.259. The number of benzene rings is 1. The van der Waals surface area contributed by atoms with E-state index in [0.717, 1.165) is 18.9 Å². The van der Waals surface area contributed by atoms with Crippen LogP contribution in [0.15, 0.2) is 24.3 Å². The van der Waals surface area contributed by atoms with Crippen molar-refractivity contribution in [1.82, 2.24) is 4.67 Å². The molecule has 0 radical (unpaired) electrons. The summed E-state index contributed by atoms with van der Waals surface area (Å²) in [5.41, 5.74) is 5.47. The van der Waals surface area contributed by atoms with Gasteiger partial charge in [0.2, 0.25) is 0 Å². The van der Waals surface area contributed by atoms with Gasteiger partial charge in [0.05, 0.1) is 14.7 Å². The van der Waals surface area contributed by atoms with Crippen molar-refractivity contribution in [3.63, 3.8) is 0 Å². The van der Waals surface area contributed by atoms with Crippen molar-refractivity contribution in [3.8, 4) is 35.8 Å². The van der Waals surface area contributed by atoms with Crippen LogP contribution in [0.1, 0.15) is 31.9 Å². The van der Waals surface area contributed by atoms with Crippen LogP contribution in [-0.2, 0) is 6.54 Å². The van der Waals surface area contributed by atoms with Gasteiger partial charge >= 0.3 is 0 Å². The van der Waals surface area contributed by atoms with Gasteiger partial charge in [-0.25, -0.2) is 0 Å². The average Bonchev–Trinajstić information content (AvgIpc) is 2.55. The number of halogens is 2. The van der Waals surface area contributed by atoms with Gasteiger partial charge in [-0.1, -0.05) is 52.3 Å². The highest BCUT2D eigenvalue weighted by atomic mass is 35.7. The molecule has 2 unspecified atom stereocenters. The first kappa shape index (κ1) is 22.3. The Kier molecular flexibility index (Phi) is 9.92. The molecule has 0 heterocycles. The first-order valence-electron chi connectivity index (χ1n) is 7.90. The third-order valence-corrected chi connectivity index (χ3v) is 8.34. The predicted molar refractivity (Wildman–Crippen MR) is 116 cm³/mol. The Labute approximate surface area is 165 Å². The largest absolute Gasteiger partial charge is 0.260 e. The third kappa shape index (κ3) is 8.99. The fourth-order valence-electron chi connectivity index (χ4n) is 2.01. The van der Waals surface area contributed by atoms with Gasteiger partial charge in [0.1, 0.15) is 0 Å². The minimum atomic E-state index is -0.909. The second-order valence-electron chi connectivity index (χ2n) is 6.49. The number of terminal acetylenes is 1. The fourth-order valence-corrected chi connectivity index (χ4v) is 7.20. The molecule has 0 spiro atoms. The zero-order valence-electron chi connectivity index (χ0n) is 15.1. The van der Waals surface area contributed by atoms with Crippen LogP contribution in [0.3, 0.4) is 0 Å². The second kappa shape index (κ2) is 11.1. The van der Waals surface area contributed by atoms with E-state index in [4.69, 9.17) is 28.9 Å². The quantitative estimate of drug-likeness (QED) is 0.389. The summed E-state index contributed by atoms with van der Waals surface area (Å²) in [6.45, 7) is 9.50. The lowest BCUT2D eigenvalue weighted by Crippen LogP contribution is -2.36. The molecule has 0 aromatic heterocycles. The van der Waals surface area contributed by atoms with Crippen molar-refractivity contribution >= 4 is 37.2 Å². The molecule has 2 atom stereocenters. The minimum Gasteiger partial charge on any atom is -0.260 e. The number of hydrogen-bond acceptors (Lipinski definition) is 1. The summed E-state index contributed by atoms with van der Waals surface area (Å²) >= 11 is 13.1. The number of hydrogen-bond donors (Lipinski definition) is 0. The molecule has 0 aliphatic heterocycles. The van der Waals surface area contributed by atoms with Crippen LogP contribution in [0.25, 0.3) is 0 Å². The molecule has 0 saturated carbocycles. The summed E-state index contributed by atoms with van der Waals surface area (Å²) in [6.07, 6.45) is 6.68. The summed E-state index contributed by atoms with van der Waals surface area (Å²) in [4.78, 5) is 0. The van der Waals surface area contributed by atoms with Gasteiger partial charge in [-0.15, -0.1) is 6.42 Å². The van der Waals surface area contributed by atoms with Crippen LogP contribution in [0.4, 0.5) is 0 Å². The molecule has 1 aromatic carbocycles. The molecule has 0 bridgehead atoms. The zero-order valence-corrected chi connectivity index (χ0v) is 18.4. The Morgan fingerprint density at radius 2 is 1.68 bits per heavy atom. The molecular weight excluding hydrogens is 387 g/mol. The van der Waals surface area contributed by atoms with Gasteiger partial charge in [-0.3, -0.25) is 4.67 Å². The zero-order chi connectivity index (χ0) is 18.9. The Bertz CT molecular complexity index is 709. The lowest BCUT2D eigenvalue weighted by Gasteiger charge is -2.38. The van der Waals surface area contributed by atoms with Crippen LogP contribution >= 0.6 is 37.2 Å². The topological polar surface area (TPSA) is 3.24 Å². The van der Waals surface area contributed by atoms with E-state index in [1.807, 2.05) is 0 Å². The van der Waals surface area contributed by atoms with Crippen molar-refractivity contribution in [2.75, 3.05) is 12.3 Å². The normalized spacial score (nSPS) is 13.0. The van der Waals surface area contributed by atoms with Gasteiger partial charge in [-0.2, -0.15) is 0 Å². The van der Waals surface area contributed by atoms with Crippen LogP contribution in [0.2, 0.25) is 0 Å². The third-order valence-electron chi connectivity index (χ3n) is 3.34. The first-order chi connectivity index (χ1) is 11.7. The molecular formula is C20H23Cl2NP2. The van der Waals surface area contributed by atoms with E-state index in [9.17, 15) is 0 Å². The molecule has 1 rings (SSSR count). The maximum Gasteiger partial charge on any atom is 0.0693 e. The predicted octanol–water partition coefficient (Wildman–Crippen LogP) is 6.38. The Hall–Kier alpha value is -0.700. The second-order valence-corrected chi connectivity index (χ2v) is 11.9. The SMILES string of the molecule is C#CC#CC#CP(Cl)CCP(Cl)N(Cc1ccc(C)cc1)C(C)(C)C. The van der Waals surface area contributed by atoms with E-state index in [1.165, 1.54) is 11.1 Å². The highest BCUT2D eigenvalue weighted by molar-refractivity contribution is 7.89. The Morgan fingerprint density at radius 3 is 2.24 bits per heavy atom. The highest BCUT2D eigenvalue weighted by Crippen LogP contribution is 2.53. The van der Waals surface area contributed by atoms with Crippen LogP contribution < -0.4 is 0 Å². The fraction of sp³-hybridized carbons (Fsp3) is 0.400. The average molecular weight is 410 g/mol. The van der Waals surface area contributed by atoms with Crippen LogP contribution in [-0.4, -0.2) is 22.5 Å². The number of aryl methyl sites for hydroxylation is 1. The van der Waals surface area contributed by atoms with E-state index in [1.54, 1.807) is 0 Å². The number of nitrogens with zero attached hydrogens (tertiary/aromatic N) is 1. The van der Waals surface area contributed by atoms with Crippen molar-refractivity contribution in [1.29, 1.82) is 0 Å². The van der Waals surface area contributed by atoms with Crippen molar-refractivity contribution < 1.29 is 0 Å². The maximum absolute atomic E-state index is 6.78. The molecule has 0 N–H and O–H groups in total. The smallest absolute Gasteiger partial charge is 0.0693 e. The molecule has 0 aliphatic carbocycles. The summed E-state index contributed by atoms with van der Waals surface area (Å²) in [7, 11) is -1.73. The summed E-state index contributed by atoms with van der Waals surface area (Å²) in [5, 5.41) is 0. The lowest BCUT2D eigenvalue weighted by atomic mass is 10.1. The Balaban J connectivity index is 2.71. The molecule has 0 fully saturated rings. The molecule has 0 amide bonds. The van der Waals surface area contributed by atoms with Gasteiger partial charge < -0.3 is 0 Å². The van der Waals surface area contributed by atoms with Crippen LogP contribution in [0, 0.1) is 42.7 Å². The summed E-state index contributed by atoms with van der Waals surface area (Å²) in [5.74, 6) is 9.98. The molecule has 1 aromatic rings. The summed E-state index contributed by atoms with van der Waals surface area (Å²) in [6, 6.07) is 8.60. The van der Waals surface area contributed by atoms with Gasteiger partial charge in [0.25, 0.3) is 0 Å². The van der Waals surface area contributed by atoms with E-state index >= 15 is 0 Å². The Morgan fingerprint density at radius 1 is 1.04 bits per heavy atom. The van der Waals surface area contributed by atoms with Crippen molar-refractivity contribution in [2.24, 2.45) is 0 Å². The van der Waals surface area contributed by atoms with Gasteiger partial charge in [0, 0.05) is 18.2 Å². The van der Waals surface area contributed by atoms with Crippen LogP contribution in [0.5, 0.6) is 0 Å². The maximum atomic E-state index is 6.78. The molecule has 0 aliphatic rings. The minimum absolute atomic E-state index is 0.0165. The van der Waals surface area contributed by atoms with Gasteiger partial charge in [0.15, 0.2) is 0 Å². The molecule has 1 nitrogen and oxygen atoms in total. The summed E-state index contributed by atoms with van der Waals surface area (Å²) < 4.78 is 2.36. The van der Waals surface area contributed by atoms with E-state index < -0.39 is 14.7 Å². The van der Waals surface area contributed by atoms with E-state index in [2.05, 4.69) is 86.0 Å². The standard InChI is InChI=1S/C20H23Cl2NP2/c1-6-7-8-9-14-24(21)15-16-25(22)23(20(3,4)5)17-19-12-10-18(2)11-13-19/h1,10-13H,15-17H2,2-5H3. The monoisotopic (exact) mass is 409 g/mol. The molecule has 25 heavy (non-hydrogen) atoms. The van der Waals surface area contributed by atoms with Gasteiger partial charge in [-0.05, 0) is 68.8 Å². The number of rotatable bonds is 6. The molecule has 132 valence electrons. The van der Waals surface area contributed by atoms with E-state index in [0.29, 0.717) is 0 Å². The molecule has 5 heteroatoms. The van der Waals surface area contributed by atoms with Crippen molar-refractivity contribution in [2.45, 2.75) is 39.8 Å². The van der Waals surface area contributed by atoms with Crippen molar-refractivity contribution in [3.05, 3.63) is 35.4 Å². The highest BCUT2D eigenvalue weighted by Gasteiger charge is 2.28. The first-order valence-corrected chi connectivity index (χ1v) is 12.7. The molecule has 0 saturated heterocycles.